The minimum Gasteiger partial charge on any atom is -0.372 e. The van der Waals surface area contributed by atoms with Crippen LogP contribution in [0.25, 0.3) is 0 Å². The molecule has 0 bridgehead atoms. The average molecular weight is 282 g/mol. The van der Waals surface area contributed by atoms with Gasteiger partial charge in [0.25, 0.3) is 0 Å². The summed E-state index contributed by atoms with van der Waals surface area (Å²) in [6.07, 6.45) is 2.63. The van der Waals surface area contributed by atoms with Gasteiger partial charge in [0.05, 0.1) is 6.61 Å². The Hall–Kier alpha value is -1.84. The van der Waals surface area contributed by atoms with Crippen LogP contribution in [0.4, 0.5) is 5.69 Å². The fourth-order valence-corrected chi connectivity index (χ4v) is 2.64. The Morgan fingerprint density at radius 3 is 2.29 bits per heavy atom. The van der Waals surface area contributed by atoms with Crippen LogP contribution in [0.2, 0.25) is 0 Å². The fraction of sp³-hybridized carbons (Fsp3) is 0.333. The molecule has 0 radical (unpaired) electrons. The summed E-state index contributed by atoms with van der Waals surface area (Å²) < 4.78 is 0. The first-order valence-electron chi connectivity index (χ1n) is 7.64. The minimum atomic E-state index is 0.590. The summed E-state index contributed by atoms with van der Waals surface area (Å²) in [5, 5.41) is 0. The first-order valence-corrected chi connectivity index (χ1v) is 7.64. The molecule has 1 heterocycles. The Kier molecular flexibility index (Phi) is 4.87. The normalized spacial score (nSPS) is 14.6. The molecule has 1 aliphatic heterocycles. The van der Waals surface area contributed by atoms with E-state index in [1.54, 1.807) is 0 Å². The molecule has 0 aromatic heterocycles. The lowest BCUT2D eigenvalue weighted by Crippen LogP contribution is -2.17. The molecular weight excluding hydrogens is 260 g/mol. The van der Waals surface area contributed by atoms with Crippen molar-refractivity contribution in [1.29, 1.82) is 0 Å². The Morgan fingerprint density at radius 2 is 1.57 bits per heavy atom. The van der Waals surface area contributed by atoms with Gasteiger partial charge < -0.3 is 4.90 Å². The first-order chi connectivity index (χ1) is 10.4. The lowest BCUT2D eigenvalue weighted by molar-refractivity contribution is 0.0235. The van der Waals surface area contributed by atoms with E-state index in [2.05, 4.69) is 46.8 Å². The number of nitrogens with zero attached hydrogens (tertiary/aromatic N) is 1. The van der Waals surface area contributed by atoms with Crippen LogP contribution in [-0.4, -0.2) is 13.1 Å². The molecule has 1 aliphatic rings. The second-order valence-corrected chi connectivity index (χ2v) is 5.46. The van der Waals surface area contributed by atoms with Crippen LogP contribution >= 0.6 is 0 Å². The molecule has 0 atom stereocenters. The summed E-state index contributed by atoms with van der Waals surface area (Å²) in [5.41, 5.74) is 6.78. The summed E-state index contributed by atoms with van der Waals surface area (Å²) in [6, 6.07) is 18.9. The highest BCUT2D eigenvalue weighted by Crippen LogP contribution is 2.20. The van der Waals surface area contributed by atoms with E-state index in [0.717, 1.165) is 6.54 Å². The van der Waals surface area contributed by atoms with Gasteiger partial charge in [0.15, 0.2) is 0 Å². The van der Waals surface area contributed by atoms with Gasteiger partial charge in [-0.1, -0.05) is 42.5 Å². The summed E-state index contributed by atoms with van der Waals surface area (Å²) in [7, 11) is 0. The molecule has 0 unspecified atom stereocenters. The van der Waals surface area contributed by atoms with Crippen LogP contribution in [0.1, 0.15) is 24.0 Å². The molecule has 2 aromatic carbocycles. The molecule has 0 aliphatic carbocycles. The van der Waals surface area contributed by atoms with Gasteiger partial charge >= 0.3 is 0 Å². The van der Waals surface area contributed by atoms with Crippen molar-refractivity contribution in [3.63, 3.8) is 0 Å². The maximum Gasteiger partial charge on any atom is 0.0933 e. The molecule has 1 saturated heterocycles. The zero-order valence-corrected chi connectivity index (χ0v) is 12.3. The van der Waals surface area contributed by atoms with Crippen LogP contribution in [0.15, 0.2) is 54.6 Å². The van der Waals surface area contributed by atoms with E-state index in [1.165, 1.54) is 42.7 Å². The topological polar surface area (TPSA) is 24.5 Å². The third kappa shape index (κ3) is 4.06. The van der Waals surface area contributed by atoms with Crippen molar-refractivity contribution in [2.24, 2.45) is 0 Å². The van der Waals surface area contributed by atoms with Crippen molar-refractivity contribution in [2.45, 2.75) is 26.0 Å². The van der Waals surface area contributed by atoms with Crippen molar-refractivity contribution < 1.29 is 4.84 Å². The fourth-order valence-electron chi connectivity index (χ4n) is 2.64. The van der Waals surface area contributed by atoms with Gasteiger partial charge in [-0.25, -0.2) is 0 Å². The number of hydroxylamine groups is 1. The molecule has 0 saturated carbocycles. The lowest BCUT2D eigenvalue weighted by Gasteiger charge is -2.17. The van der Waals surface area contributed by atoms with Gasteiger partial charge in [-0.05, 0) is 36.1 Å². The van der Waals surface area contributed by atoms with Crippen molar-refractivity contribution in [1.82, 2.24) is 5.48 Å². The standard InChI is InChI=1S/C18H22N2O/c1-2-6-17(7-3-1)15-21-19-14-16-8-10-18(11-9-16)20-12-4-5-13-20/h1-3,6-11,19H,4-5,12-15H2. The van der Waals surface area contributed by atoms with E-state index in [-0.39, 0.29) is 0 Å². The third-order valence-corrected chi connectivity index (χ3v) is 3.87. The maximum atomic E-state index is 5.49. The van der Waals surface area contributed by atoms with E-state index in [1.807, 2.05) is 18.2 Å². The number of hydrogen-bond acceptors (Lipinski definition) is 3. The summed E-state index contributed by atoms with van der Waals surface area (Å²) in [5.74, 6) is 0. The van der Waals surface area contributed by atoms with Gasteiger partial charge in [0.2, 0.25) is 0 Å². The highest BCUT2D eigenvalue weighted by Gasteiger charge is 2.11. The Labute approximate surface area is 126 Å². The third-order valence-electron chi connectivity index (χ3n) is 3.87. The number of nitrogens with one attached hydrogen (secondary N) is 1. The second kappa shape index (κ2) is 7.25. The van der Waals surface area contributed by atoms with E-state index in [9.17, 15) is 0 Å². The Bertz CT molecular complexity index is 533. The largest absolute Gasteiger partial charge is 0.372 e. The lowest BCUT2D eigenvalue weighted by atomic mass is 10.2. The van der Waals surface area contributed by atoms with Crippen molar-refractivity contribution >= 4 is 5.69 Å². The van der Waals surface area contributed by atoms with Crippen LogP contribution in [0, 0.1) is 0 Å². The van der Waals surface area contributed by atoms with Crippen molar-refractivity contribution in [3.8, 4) is 0 Å². The Morgan fingerprint density at radius 1 is 0.857 bits per heavy atom. The molecular formula is C18H22N2O. The SMILES string of the molecule is c1ccc(CONCc2ccc(N3CCCC3)cc2)cc1. The molecule has 1 N–H and O–H groups in total. The Balaban J connectivity index is 1.43. The second-order valence-electron chi connectivity index (χ2n) is 5.46. The van der Waals surface area contributed by atoms with Crippen LogP contribution in [0.5, 0.6) is 0 Å². The van der Waals surface area contributed by atoms with Gasteiger partial charge in [0, 0.05) is 25.3 Å². The molecule has 21 heavy (non-hydrogen) atoms. The van der Waals surface area contributed by atoms with Gasteiger partial charge in [-0.3, -0.25) is 4.84 Å². The zero-order chi connectivity index (χ0) is 14.3. The van der Waals surface area contributed by atoms with E-state index >= 15 is 0 Å². The van der Waals surface area contributed by atoms with Crippen molar-refractivity contribution in [3.05, 3.63) is 65.7 Å². The number of benzene rings is 2. The van der Waals surface area contributed by atoms with E-state index in [4.69, 9.17) is 4.84 Å². The van der Waals surface area contributed by atoms with Gasteiger partial charge in [-0.15, -0.1) is 0 Å². The van der Waals surface area contributed by atoms with Gasteiger partial charge in [0.1, 0.15) is 0 Å². The number of rotatable bonds is 6. The number of hydrogen-bond donors (Lipinski definition) is 1. The molecule has 1 fully saturated rings. The van der Waals surface area contributed by atoms with Crippen LogP contribution < -0.4 is 10.4 Å². The maximum absolute atomic E-state index is 5.49. The molecule has 3 rings (SSSR count). The number of anilines is 1. The monoisotopic (exact) mass is 282 g/mol. The van der Waals surface area contributed by atoms with E-state index in [0.29, 0.717) is 6.61 Å². The quantitative estimate of drug-likeness (QED) is 0.648. The molecule has 3 heteroatoms. The predicted octanol–water partition coefficient (Wildman–Crippen LogP) is 3.51. The summed E-state index contributed by atoms with van der Waals surface area (Å²) in [6.45, 7) is 3.70. The zero-order valence-electron chi connectivity index (χ0n) is 12.3. The molecule has 2 aromatic rings. The van der Waals surface area contributed by atoms with Crippen molar-refractivity contribution in [2.75, 3.05) is 18.0 Å². The smallest absolute Gasteiger partial charge is 0.0933 e. The summed E-state index contributed by atoms with van der Waals surface area (Å²) >= 11 is 0. The van der Waals surface area contributed by atoms with Gasteiger partial charge in [-0.2, -0.15) is 5.48 Å². The average Bonchev–Trinajstić information content (AvgIpc) is 3.08. The predicted molar refractivity (Wildman–Crippen MR) is 86.0 cm³/mol. The molecule has 0 spiro atoms. The highest BCUT2D eigenvalue weighted by molar-refractivity contribution is 5.48. The first kappa shape index (κ1) is 14.1. The molecule has 0 amide bonds. The highest BCUT2D eigenvalue weighted by atomic mass is 16.6. The molecule has 110 valence electrons. The van der Waals surface area contributed by atoms with Crippen LogP contribution in [-0.2, 0) is 18.0 Å². The van der Waals surface area contributed by atoms with Crippen LogP contribution in [0.3, 0.4) is 0 Å². The molecule has 3 nitrogen and oxygen atoms in total. The van der Waals surface area contributed by atoms with E-state index < -0.39 is 0 Å². The summed E-state index contributed by atoms with van der Waals surface area (Å²) in [4.78, 5) is 7.94. The minimum absolute atomic E-state index is 0.590.